The predicted molar refractivity (Wildman–Crippen MR) is 83.0 cm³/mol. The van der Waals surface area contributed by atoms with Gasteiger partial charge >= 0.3 is 0 Å². The Morgan fingerprint density at radius 2 is 1.28 bits per heavy atom. The Balaban J connectivity index is 3.37. The molecule has 0 fully saturated rings. The van der Waals surface area contributed by atoms with E-state index in [0.29, 0.717) is 6.04 Å². The van der Waals surface area contributed by atoms with Gasteiger partial charge in [-0.3, -0.25) is 0 Å². The molecule has 2 N–H and O–H groups in total. The zero-order chi connectivity index (χ0) is 13.6. The largest absolute Gasteiger partial charge is 0.330 e. The van der Waals surface area contributed by atoms with Crippen molar-refractivity contribution in [2.75, 3.05) is 19.6 Å². The second-order valence-corrected chi connectivity index (χ2v) is 5.75. The minimum absolute atomic E-state index is 0.668. The standard InChI is InChI=1S/C16H36N2/c1-4-5-6-7-8-9-10-11-14-18(16(2)3)15-12-13-17/h16H,4-15,17H2,1-3H3. The highest BCUT2D eigenvalue weighted by Crippen LogP contribution is 2.10. The molecule has 0 aliphatic rings. The van der Waals surface area contributed by atoms with Crippen LogP contribution < -0.4 is 5.73 Å². The molecular formula is C16H36N2. The summed E-state index contributed by atoms with van der Waals surface area (Å²) in [6, 6.07) is 0.668. The van der Waals surface area contributed by atoms with Crippen LogP contribution in [0, 0.1) is 0 Å². The smallest absolute Gasteiger partial charge is 0.00385 e. The van der Waals surface area contributed by atoms with Crippen LogP contribution in [0.5, 0.6) is 0 Å². The average Bonchev–Trinajstić information content (AvgIpc) is 2.35. The van der Waals surface area contributed by atoms with Gasteiger partial charge in [0.2, 0.25) is 0 Å². The van der Waals surface area contributed by atoms with Gasteiger partial charge in [0.05, 0.1) is 0 Å². The van der Waals surface area contributed by atoms with E-state index in [4.69, 9.17) is 5.73 Å². The van der Waals surface area contributed by atoms with Crippen LogP contribution in [-0.2, 0) is 0 Å². The molecule has 0 atom stereocenters. The van der Waals surface area contributed by atoms with Gasteiger partial charge in [0.15, 0.2) is 0 Å². The maximum absolute atomic E-state index is 5.58. The molecule has 0 heterocycles. The summed E-state index contributed by atoms with van der Waals surface area (Å²) in [6.07, 6.45) is 12.4. The van der Waals surface area contributed by atoms with Gasteiger partial charge in [-0.1, -0.05) is 51.9 Å². The topological polar surface area (TPSA) is 29.3 Å². The highest BCUT2D eigenvalue weighted by molar-refractivity contribution is 4.63. The Hall–Kier alpha value is -0.0800. The molecule has 0 rings (SSSR count). The molecule has 0 aliphatic heterocycles. The van der Waals surface area contributed by atoms with E-state index < -0.39 is 0 Å². The fourth-order valence-electron chi connectivity index (χ4n) is 2.37. The van der Waals surface area contributed by atoms with Gasteiger partial charge in [-0.25, -0.2) is 0 Å². The number of unbranched alkanes of at least 4 members (excludes halogenated alkanes) is 7. The second-order valence-electron chi connectivity index (χ2n) is 5.75. The molecule has 2 heteroatoms. The molecule has 0 saturated heterocycles. The first-order chi connectivity index (χ1) is 8.72. The monoisotopic (exact) mass is 256 g/mol. The minimum Gasteiger partial charge on any atom is -0.330 e. The van der Waals surface area contributed by atoms with Crippen LogP contribution in [0.2, 0.25) is 0 Å². The van der Waals surface area contributed by atoms with Gasteiger partial charge in [0.1, 0.15) is 0 Å². The van der Waals surface area contributed by atoms with Gasteiger partial charge in [-0.2, -0.15) is 0 Å². The van der Waals surface area contributed by atoms with E-state index in [1.807, 2.05) is 0 Å². The van der Waals surface area contributed by atoms with Crippen LogP contribution in [0.15, 0.2) is 0 Å². The lowest BCUT2D eigenvalue weighted by atomic mass is 10.1. The normalized spacial score (nSPS) is 11.7. The number of nitrogens with two attached hydrogens (primary N) is 1. The van der Waals surface area contributed by atoms with Crippen LogP contribution >= 0.6 is 0 Å². The summed E-state index contributed by atoms with van der Waals surface area (Å²) in [7, 11) is 0. The Morgan fingerprint density at radius 3 is 1.78 bits per heavy atom. The summed E-state index contributed by atoms with van der Waals surface area (Å²) >= 11 is 0. The number of hydrogen-bond donors (Lipinski definition) is 1. The fourth-order valence-corrected chi connectivity index (χ4v) is 2.37. The van der Waals surface area contributed by atoms with Crippen molar-refractivity contribution >= 4 is 0 Å². The number of hydrogen-bond acceptors (Lipinski definition) is 2. The van der Waals surface area contributed by atoms with Gasteiger partial charge in [0.25, 0.3) is 0 Å². The lowest BCUT2D eigenvalue weighted by molar-refractivity contribution is 0.215. The third-order valence-electron chi connectivity index (χ3n) is 3.68. The molecule has 18 heavy (non-hydrogen) atoms. The SMILES string of the molecule is CCCCCCCCCCN(CCCN)C(C)C. The molecule has 110 valence electrons. The van der Waals surface area contributed by atoms with Crippen molar-refractivity contribution in [3.05, 3.63) is 0 Å². The molecular weight excluding hydrogens is 220 g/mol. The van der Waals surface area contributed by atoms with Crippen molar-refractivity contribution in [3.63, 3.8) is 0 Å². The summed E-state index contributed by atoms with van der Waals surface area (Å²) in [5.74, 6) is 0. The molecule has 0 aliphatic carbocycles. The average molecular weight is 256 g/mol. The second kappa shape index (κ2) is 13.4. The van der Waals surface area contributed by atoms with E-state index >= 15 is 0 Å². The maximum atomic E-state index is 5.58. The molecule has 0 saturated carbocycles. The molecule has 0 aromatic rings. The molecule has 0 aromatic heterocycles. The van der Waals surface area contributed by atoms with E-state index in [1.165, 1.54) is 64.5 Å². The van der Waals surface area contributed by atoms with Crippen LogP contribution in [0.1, 0.15) is 78.6 Å². The zero-order valence-corrected chi connectivity index (χ0v) is 13.1. The minimum atomic E-state index is 0.668. The van der Waals surface area contributed by atoms with Crippen molar-refractivity contribution in [2.24, 2.45) is 5.73 Å². The molecule has 0 unspecified atom stereocenters. The summed E-state index contributed by atoms with van der Waals surface area (Å²) in [5, 5.41) is 0. The van der Waals surface area contributed by atoms with E-state index in [-0.39, 0.29) is 0 Å². The lowest BCUT2D eigenvalue weighted by Crippen LogP contribution is -2.33. The molecule has 2 nitrogen and oxygen atoms in total. The lowest BCUT2D eigenvalue weighted by Gasteiger charge is -2.26. The Labute approximate surface area is 115 Å². The summed E-state index contributed by atoms with van der Waals surface area (Å²) < 4.78 is 0. The highest BCUT2D eigenvalue weighted by Gasteiger charge is 2.07. The Bertz CT molecular complexity index is 157. The van der Waals surface area contributed by atoms with Crippen LogP contribution in [0.4, 0.5) is 0 Å². The quantitative estimate of drug-likeness (QED) is 0.501. The van der Waals surface area contributed by atoms with Crippen LogP contribution in [0.3, 0.4) is 0 Å². The van der Waals surface area contributed by atoms with Crippen molar-refractivity contribution < 1.29 is 0 Å². The van der Waals surface area contributed by atoms with Gasteiger partial charge in [-0.05, 0) is 46.3 Å². The molecule has 0 amide bonds. The molecule has 0 spiro atoms. The first-order valence-electron chi connectivity index (χ1n) is 8.16. The van der Waals surface area contributed by atoms with Gasteiger partial charge in [0, 0.05) is 6.04 Å². The van der Waals surface area contributed by atoms with E-state index in [1.54, 1.807) is 0 Å². The van der Waals surface area contributed by atoms with E-state index in [9.17, 15) is 0 Å². The maximum Gasteiger partial charge on any atom is 0.00385 e. The van der Waals surface area contributed by atoms with Crippen molar-refractivity contribution in [2.45, 2.75) is 84.6 Å². The van der Waals surface area contributed by atoms with Crippen LogP contribution in [0.25, 0.3) is 0 Å². The third kappa shape index (κ3) is 11.0. The third-order valence-corrected chi connectivity index (χ3v) is 3.68. The van der Waals surface area contributed by atoms with Crippen LogP contribution in [-0.4, -0.2) is 30.6 Å². The summed E-state index contributed by atoms with van der Waals surface area (Å²) in [6.45, 7) is 10.1. The predicted octanol–water partition coefficient (Wildman–Crippen LogP) is 4.19. The van der Waals surface area contributed by atoms with Crippen molar-refractivity contribution in [3.8, 4) is 0 Å². The molecule has 0 bridgehead atoms. The number of rotatable bonds is 13. The summed E-state index contributed by atoms with van der Waals surface area (Å²) in [5.41, 5.74) is 5.58. The Kier molecular flexibility index (Phi) is 13.3. The fraction of sp³-hybridized carbons (Fsp3) is 1.00. The zero-order valence-electron chi connectivity index (χ0n) is 13.1. The highest BCUT2D eigenvalue weighted by atomic mass is 15.1. The Morgan fingerprint density at radius 1 is 0.778 bits per heavy atom. The van der Waals surface area contributed by atoms with Crippen molar-refractivity contribution in [1.29, 1.82) is 0 Å². The van der Waals surface area contributed by atoms with Crippen molar-refractivity contribution in [1.82, 2.24) is 4.90 Å². The summed E-state index contributed by atoms with van der Waals surface area (Å²) in [4.78, 5) is 2.57. The van der Waals surface area contributed by atoms with E-state index in [2.05, 4.69) is 25.7 Å². The van der Waals surface area contributed by atoms with E-state index in [0.717, 1.165) is 13.0 Å². The first kappa shape index (κ1) is 17.9. The number of nitrogens with zero attached hydrogens (tertiary/aromatic N) is 1. The molecule has 0 aromatic carbocycles. The molecule has 0 radical (unpaired) electrons. The first-order valence-corrected chi connectivity index (χ1v) is 8.16. The van der Waals surface area contributed by atoms with Gasteiger partial charge < -0.3 is 10.6 Å². The van der Waals surface area contributed by atoms with Gasteiger partial charge in [-0.15, -0.1) is 0 Å².